The summed E-state index contributed by atoms with van der Waals surface area (Å²) in [6.07, 6.45) is 1.19. The van der Waals surface area contributed by atoms with E-state index in [9.17, 15) is 5.11 Å². The number of hydrogen-bond acceptors (Lipinski definition) is 3. The van der Waals surface area contributed by atoms with Crippen LogP contribution in [0.3, 0.4) is 0 Å². The Morgan fingerprint density at radius 1 is 1.39 bits per heavy atom. The molecular weight excluding hydrogens is 292 g/mol. The predicted octanol–water partition coefficient (Wildman–Crippen LogP) is 3.03. The number of pyridine rings is 1. The Labute approximate surface area is 115 Å². The predicted molar refractivity (Wildman–Crippen MR) is 77.5 cm³/mol. The number of hydrogen-bond donors (Lipinski definition) is 2. The molecule has 2 rings (SSSR count). The Morgan fingerprint density at radius 2 is 2.17 bits per heavy atom. The molecule has 0 saturated carbocycles. The van der Waals surface area contributed by atoms with Crippen LogP contribution in [0.1, 0.15) is 25.5 Å². The highest BCUT2D eigenvalue weighted by molar-refractivity contribution is 9.10. The summed E-state index contributed by atoms with van der Waals surface area (Å²) in [4.78, 5) is 4.39. The Bertz CT molecular complexity index is 544. The molecule has 96 valence electrons. The first kappa shape index (κ1) is 13.5. The van der Waals surface area contributed by atoms with E-state index in [4.69, 9.17) is 0 Å². The van der Waals surface area contributed by atoms with Gasteiger partial charge in [-0.3, -0.25) is 4.98 Å². The quantitative estimate of drug-likeness (QED) is 0.912. The minimum absolute atomic E-state index is 0.00128. The van der Waals surface area contributed by atoms with Crippen LogP contribution in [0.2, 0.25) is 0 Å². The number of rotatable bonds is 4. The fourth-order valence-corrected chi connectivity index (χ4v) is 2.55. The summed E-state index contributed by atoms with van der Waals surface area (Å²) in [6.45, 7) is 4.84. The van der Waals surface area contributed by atoms with Gasteiger partial charge in [0.05, 0.1) is 11.6 Å². The van der Waals surface area contributed by atoms with Gasteiger partial charge in [0.25, 0.3) is 0 Å². The number of halogens is 1. The van der Waals surface area contributed by atoms with Crippen LogP contribution >= 0.6 is 15.9 Å². The molecule has 2 aromatic rings. The van der Waals surface area contributed by atoms with E-state index in [1.165, 1.54) is 0 Å². The zero-order valence-electron chi connectivity index (χ0n) is 10.5. The van der Waals surface area contributed by atoms with Crippen molar-refractivity contribution < 1.29 is 5.11 Å². The second-order valence-corrected chi connectivity index (χ2v) is 5.18. The lowest BCUT2D eigenvalue weighted by molar-refractivity contribution is 0.138. The molecule has 0 aliphatic heterocycles. The number of aliphatic hydroxyl groups excluding tert-OH is 1. The second-order valence-electron chi connectivity index (χ2n) is 4.33. The summed E-state index contributed by atoms with van der Waals surface area (Å²) >= 11 is 3.51. The van der Waals surface area contributed by atoms with Crippen LogP contribution in [-0.2, 0) is 0 Å². The number of nitrogens with one attached hydrogen (secondary N) is 1. The van der Waals surface area contributed by atoms with Gasteiger partial charge in [-0.2, -0.15) is 0 Å². The van der Waals surface area contributed by atoms with Crippen LogP contribution < -0.4 is 5.32 Å². The van der Waals surface area contributed by atoms with E-state index in [1.54, 1.807) is 6.20 Å². The first-order valence-electron chi connectivity index (χ1n) is 6.09. The van der Waals surface area contributed by atoms with E-state index < -0.39 is 6.10 Å². The van der Waals surface area contributed by atoms with E-state index in [1.807, 2.05) is 38.1 Å². The van der Waals surface area contributed by atoms with Crippen molar-refractivity contribution >= 4 is 26.8 Å². The van der Waals surface area contributed by atoms with Crippen molar-refractivity contribution in [3.05, 3.63) is 40.5 Å². The molecule has 3 nitrogen and oxygen atoms in total. The molecule has 0 aliphatic carbocycles. The summed E-state index contributed by atoms with van der Waals surface area (Å²) in [5.74, 6) is 0. The zero-order chi connectivity index (χ0) is 13.1. The smallest absolute Gasteiger partial charge is 0.0961 e. The third-order valence-electron chi connectivity index (χ3n) is 3.07. The first-order valence-corrected chi connectivity index (χ1v) is 6.89. The molecule has 2 unspecified atom stereocenters. The minimum Gasteiger partial charge on any atom is -0.387 e. The molecule has 0 fully saturated rings. The van der Waals surface area contributed by atoms with Crippen LogP contribution in [0.4, 0.5) is 0 Å². The molecule has 0 aliphatic rings. The fourth-order valence-electron chi connectivity index (χ4n) is 2.10. The van der Waals surface area contributed by atoms with Gasteiger partial charge in [-0.15, -0.1) is 0 Å². The Kier molecular flexibility index (Phi) is 4.32. The normalized spacial score (nSPS) is 14.7. The van der Waals surface area contributed by atoms with Crippen LogP contribution in [0, 0.1) is 0 Å². The summed E-state index contributed by atoms with van der Waals surface area (Å²) in [5, 5.41) is 14.7. The minimum atomic E-state index is -0.560. The van der Waals surface area contributed by atoms with E-state index in [0.717, 1.165) is 27.5 Å². The van der Waals surface area contributed by atoms with Gasteiger partial charge in [0.15, 0.2) is 0 Å². The number of fused-ring (bicyclic) bond motifs is 1. The highest BCUT2D eigenvalue weighted by atomic mass is 79.9. The molecule has 1 aromatic carbocycles. The number of likely N-dealkylation sites (N-methyl/N-ethyl adjacent to an activating group) is 1. The highest BCUT2D eigenvalue weighted by Crippen LogP contribution is 2.29. The maximum Gasteiger partial charge on any atom is 0.0961 e. The average molecular weight is 309 g/mol. The third-order valence-corrected chi connectivity index (χ3v) is 3.76. The molecule has 2 atom stereocenters. The second kappa shape index (κ2) is 5.78. The van der Waals surface area contributed by atoms with Gasteiger partial charge < -0.3 is 10.4 Å². The Morgan fingerprint density at radius 3 is 2.89 bits per heavy atom. The van der Waals surface area contributed by atoms with Crippen LogP contribution in [0.15, 0.2) is 34.9 Å². The Hall–Kier alpha value is -0.970. The lowest BCUT2D eigenvalue weighted by Crippen LogP contribution is -2.32. The molecular formula is C14H17BrN2O. The van der Waals surface area contributed by atoms with Gasteiger partial charge in [-0.1, -0.05) is 35.0 Å². The molecule has 1 aromatic heterocycles. The molecule has 4 heteroatoms. The topological polar surface area (TPSA) is 45.1 Å². The van der Waals surface area contributed by atoms with E-state index in [-0.39, 0.29) is 6.04 Å². The molecule has 18 heavy (non-hydrogen) atoms. The third kappa shape index (κ3) is 2.55. The summed E-state index contributed by atoms with van der Waals surface area (Å²) < 4.78 is 0.998. The molecule has 0 saturated heterocycles. The van der Waals surface area contributed by atoms with Crippen molar-refractivity contribution in [2.45, 2.75) is 26.0 Å². The largest absolute Gasteiger partial charge is 0.387 e. The molecule has 1 heterocycles. The molecule has 0 amide bonds. The average Bonchev–Trinajstić information content (AvgIpc) is 2.39. The summed E-state index contributed by atoms with van der Waals surface area (Å²) in [7, 11) is 0. The van der Waals surface area contributed by atoms with Gasteiger partial charge in [0.2, 0.25) is 0 Å². The first-order chi connectivity index (χ1) is 8.65. The lowest BCUT2D eigenvalue weighted by Gasteiger charge is -2.21. The number of aliphatic hydroxyl groups is 1. The molecule has 0 radical (unpaired) electrons. The van der Waals surface area contributed by atoms with Gasteiger partial charge >= 0.3 is 0 Å². The maximum atomic E-state index is 10.4. The van der Waals surface area contributed by atoms with Gasteiger partial charge in [-0.25, -0.2) is 0 Å². The summed E-state index contributed by atoms with van der Waals surface area (Å²) in [6, 6.07) is 7.79. The van der Waals surface area contributed by atoms with Crippen LogP contribution in [0.5, 0.6) is 0 Å². The van der Waals surface area contributed by atoms with Gasteiger partial charge in [0.1, 0.15) is 0 Å². The van der Waals surface area contributed by atoms with Gasteiger partial charge in [0, 0.05) is 27.7 Å². The maximum absolute atomic E-state index is 10.4. The van der Waals surface area contributed by atoms with Crippen LogP contribution in [-0.4, -0.2) is 22.7 Å². The number of benzene rings is 1. The number of aromatic nitrogens is 1. The van der Waals surface area contributed by atoms with E-state index in [2.05, 4.69) is 26.2 Å². The zero-order valence-corrected chi connectivity index (χ0v) is 12.1. The lowest BCUT2D eigenvalue weighted by atomic mass is 10.00. The highest BCUT2D eigenvalue weighted by Gasteiger charge is 2.19. The number of nitrogens with zero attached hydrogens (tertiary/aromatic N) is 1. The monoisotopic (exact) mass is 308 g/mol. The van der Waals surface area contributed by atoms with Crippen molar-refractivity contribution in [1.29, 1.82) is 0 Å². The van der Waals surface area contributed by atoms with Crippen molar-refractivity contribution in [1.82, 2.24) is 10.3 Å². The molecule has 2 N–H and O–H groups in total. The van der Waals surface area contributed by atoms with Crippen molar-refractivity contribution in [3.8, 4) is 0 Å². The van der Waals surface area contributed by atoms with Crippen molar-refractivity contribution in [3.63, 3.8) is 0 Å². The molecule has 0 bridgehead atoms. The van der Waals surface area contributed by atoms with E-state index in [0.29, 0.717) is 0 Å². The standard InChI is InChI=1S/C14H17BrN2O/c1-3-16-9(2)14(18)11-6-7-12(15)10-5-4-8-17-13(10)11/h4-9,14,16,18H,3H2,1-2H3. The fraction of sp³-hybridized carbons (Fsp3) is 0.357. The molecule has 0 spiro atoms. The summed E-state index contributed by atoms with van der Waals surface area (Å²) in [5.41, 5.74) is 1.71. The van der Waals surface area contributed by atoms with Crippen molar-refractivity contribution in [2.75, 3.05) is 6.54 Å². The van der Waals surface area contributed by atoms with Crippen molar-refractivity contribution in [2.24, 2.45) is 0 Å². The van der Waals surface area contributed by atoms with Crippen LogP contribution in [0.25, 0.3) is 10.9 Å². The van der Waals surface area contributed by atoms with E-state index >= 15 is 0 Å². The van der Waals surface area contributed by atoms with Gasteiger partial charge in [-0.05, 0) is 25.6 Å². The SMILES string of the molecule is CCNC(C)C(O)c1ccc(Br)c2cccnc12. The Balaban J connectivity index is 2.48.